The summed E-state index contributed by atoms with van der Waals surface area (Å²) in [7, 11) is 0. The number of aliphatic carboxylic acids is 2. The van der Waals surface area contributed by atoms with Crippen molar-refractivity contribution in [2.24, 2.45) is 0 Å². The zero-order chi connectivity index (χ0) is 11.7. The number of carboxylic acid groups (broad SMARTS) is 2. The van der Waals surface area contributed by atoms with Gasteiger partial charge < -0.3 is 15.5 Å². The predicted octanol–water partition coefficient (Wildman–Crippen LogP) is -1.32. The Labute approximate surface area is 142 Å². The molecule has 0 aromatic carbocycles. The quantitative estimate of drug-likeness (QED) is 0.379. The fraction of sp³-hybridized carbons (Fsp3) is 0.571. The van der Waals surface area contributed by atoms with Crippen molar-refractivity contribution in [3.63, 3.8) is 0 Å². The van der Waals surface area contributed by atoms with Crippen molar-refractivity contribution >= 4 is 68.2 Å². The standard InChI is InChI=1S/C5H9NO3S.C2H4O2.Ca.Zn.2H/c1-3(7)6-4(2-10)5(8)9;1-2(3)4;;;;/h4,10H,2H2,1H3,(H,6,7)(H,8,9);1H3,(H,3,4);;;;/t4-;;;;;/m0...../s1. The van der Waals surface area contributed by atoms with Crippen LogP contribution in [-0.2, 0) is 33.9 Å². The van der Waals surface area contributed by atoms with Crippen LogP contribution in [0.3, 0.4) is 0 Å². The van der Waals surface area contributed by atoms with Crippen molar-refractivity contribution in [3.05, 3.63) is 0 Å². The van der Waals surface area contributed by atoms with E-state index in [-0.39, 0.29) is 68.9 Å². The maximum absolute atomic E-state index is 10.3. The first-order valence-electron chi connectivity index (χ1n) is 3.61. The first-order valence-corrected chi connectivity index (χ1v) is 4.24. The van der Waals surface area contributed by atoms with Crippen molar-refractivity contribution in [2.45, 2.75) is 19.9 Å². The summed E-state index contributed by atoms with van der Waals surface area (Å²) < 4.78 is 0. The van der Waals surface area contributed by atoms with Crippen LogP contribution >= 0.6 is 12.6 Å². The third-order valence-corrected chi connectivity index (χ3v) is 1.22. The molecular formula is C7H15CaNO5SZn. The van der Waals surface area contributed by atoms with Crippen molar-refractivity contribution < 1.29 is 44.1 Å². The molecule has 0 heterocycles. The second-order valence-electron chi connectivity index (χ2n) is 2.29. The van der Waals surface area contributed by atoms with Gasteiger partial charge in [-0.25, -0.2) is 4.79 Å². The van der Waals surface area contributed by atoms with E-state index in [0.29, 0.717) is 0 Å². The summed E-state index contributed by atoms with van der Waals surface area (Å²) in [4.78, 5) is 29.5. The number of thiol groups is 1. The molecule has 88 valence electrons. The summed E-state index contributed by atoms with van der Waals surface area (Å²) in [6.45, 7) is 2.35. The molecule has 0 saturated carbocycles. The Bertz CT molecular complexity index is 225. The molecule has 0 aromatic heterocycles. The van der Waals surface area contributed by atoms with Gasteiger partial charge in [0.1, 0.15) is 6.04 Å². The van der Waals surface area contributed by atoms with Gasteiger partial charge in [-0.3, -0.25) is 9.59 Å². The summed E-state index contributed by atoms with van der Waals surface area (Å²) >= 11 is 3.73. The molecule has 3 N–H and O–H groups in total. The minimum Gasteiger partial charge on any atom is 0 e. The number of rotatable bonds is 3. The van der Waals surface area contributed by atoms with E-state index < -0.39 is 18.0 Å². The molecule has 0 unspecified atom stereocenters. The molecule has 6 nitrogen and oxygen atoms in total. The van der Waals surface area contributed by atoms with Crippen molar-refractivity contribution in [1.29, 1.82) is 0 Å². The van der Waals surface area contributed by atoms with Crippen LogP contribution in [0.15, 0.2) is 0 Å². The van der Waals surface area contributed by atoms with Gasteiger partial charge in [-0.1, -0.05) is 0 Å². The first-order chi connectivity index (χ1) is 6.31. The van der Waals surface area contributed by atoms with Crippen LogP contribution in [0, 0.1) is 0 Å². The van der Waals surface area contributed by atoms with Crippen LogP contribution in [-0.4, -0.2) is 77.6 Å². The first kappa shape index (κ1) is 25.5. The smallest absolute Gasteiger partial charge is 0 e. The molecule has 0 aliphatic rings. The zero-order valence-electron chi connectivity index (χ0n) is 8.56. The molecule has 0 aliphatic heterocycles. The minimum absolute atomic E-state index is 0. The van der Waals surface area contributed by atoms with Gasteiger partial charge in [0.05, 0.1) is 0 Å². The van der Waals surface area contributed by atoms with Crippen molar-refractivity contribution in [3.8, 4) is 0 Å². The Morgan fingerprint density at radius 2 is 1.56 bits per heavy atom. The van der Waals surface area contributed by atoms with E-state index in [9.17, 15) is 9.59 Å². The average Bonchev–Trinajstić information content (AvgIpc) is 1.98. The number of carboxylic acids is 2. The van der Waals surface area contributed by atoms with E-state index in [2.05, 4.69) is 17.9 Å². The Morgan fingerprint density at radius 1 is 1.25 bits per heavy atom. The maximum atomic E-state index is 10.3. The Balaban J connectivity index is -0.000000105. The molecule has 0 fully saturated rings. The van der Waals surface area contributed by atoms with Gasteiger partial charge in [0.2, 0.25) is 5.91 Å². The van der Waals surface area contributed by atoms with Crippen LogP contribution in [0.1, 0.15) is 13.8 Å². The Morgan fingerprint density at radius 3 is 1.62 bits per heavy atom. The van der Waals surface area contributed by atoms with Gasteiger partial charge in [0.15, 0.2) is 0 Å². The summed E-state index contributed by atoms with van der Waals surface area (Å²) in [6.07, 6.45) is 0. The number of hydrogen-bond donors (Lipinski definition) is 4. The number of nitrogens with one attached hydrogen (secondary N) is 1. The zero-order valence-corrected chi connectivity index (χ0v) is 12.4. The van der Waals surface area contributed by atoms with Crippen LogP contribution < -0.4 is 5.32 Å². The second kappa shape index (κ2) is 15.6. The van der Waals surface area contributed by atoms with Gasteiger partial charge in [0, 0.05) is 39.1 Å². The average molecular weight is 331 g/mol. The summed E-state index contributed by atoms with van der Waals surface area (Å²) in [5.41, 5.74) is 0. The molecule has 0 aliphatic carbocycles. The molecule has 0 radical (unpaired) electrons. The SMILES string of the molecule is CC(=O)N[C@@H](CS)C(=O)O.CC(=O)O.[CaH2].[Zn]. The van der Waals surface area contributed by atoms with Crippen molar-refractivity contribution in [1.82, 2.24) is 5.32 Å². The molecule has 0 bridgehead atoms. The fourth-order valence-electron chi connectivity index (χ4n) is 0.431. The predicted molar refractivity (Wildman–Crippen MR) is 60.9 cm³/mol. The molecule has 9 heteroatoms. The van der Waals surface area contributed by atoms with E-state index in [4.69, 9.17) is 15.0 Å². The van der Waals surface area contributed by atoms with E-state index in [1.807, 2.05) is 0 Å². The monoisotopic (exact) mass is 329 g/mol. The maximum Gasteiger partial charge on any atom is 0 e. The number of carbonyl (C=O) groups excluding carboxylic acids is 1. The Hall–Kier alpha value is 0.643. The molecule has 1 atom stereocenters. The largest absolute Gasteiger partial charge is 0 e. The van der Waals surface area contributed by atoms with Gasteiger partial charge in [0.25, 0.3) is 5.97 Å². The van der Waals surface area contributed by atoms with Crippen LogP contribution in [0.5, 0.6) is 0 Å². The molecule has 16 heavy (non-hydrogen) atoms. The summed E-state index contributed by atoms with van der Waals surface area (Å²) in [5.74, 6) is -2.15. The van der Waals surface area contributed by atoms with E-state index in [0.717, 1.165) is 6.92 Å². The molecular weight excluding hydrogens is 316 g/mol. The molecule has 0 spiro atoms. The number of hydrogen-bond acceptors (Lipinski definition) is 4. The van der Waals surface area contributed by atoms with E-state index in [1.54, 1.807) is 0 Å². The second-order valence-corrected chi connectivity index (χ2v) is 2.66. The number of carbonyl (C=O) groups is 3. The fourth-order valence-corrected chi connectivity index (χ4v) is 0.678. The topological polar surface area (TPSA) is 104 Å². The third kappa shape index (κ3) is 24.1. The van der Waals surface area contributed by atoms with Crippen LogP contribution in [0.2, 0.25) is 0 Å². The molecule has 0 saturated heterocycles. The van der Waals surface area contributed by atoms with E-state index >= 15 is 0 Å². The van der Waals surface area contributed by atoms with Gasteiger partial charge in [-0.2, -0.15) is 12.6 Å². The van der Waals surface area contributed by atoms with E-state index in [1.165, 1.54) is 6.92 Å². The third-order valence-electron chi connectivity index (χ3n) is 0.858. The van der Waals surface area contributed by atoms with Gasteiger partial charge >= 0.3 is 43.7 Å². The van der Waals surface area contributed by atoms with Crippen molar-refractivity contribution in [2.75, 3.05) is 5.75 Å². The molecule has 0 rings (SSSR count). The van der Waals surface area contributed by atoms with Crippen LogP contribution in [0.25, 0.3) is 0 Å². The van der Waals surface area contributed by atoms with Gasteiger partial charge in [-0.05, 0) is 0 Å². The Kier molecular flexibility index (Phi) is 24.9. The molecule has 1 amide bonds. The van der Waals surface area contributed by atoms with Gasteiger partial charge in [-0.15, -0.1) is 0 Å². The summed E-state index contributed by atoms with van der Waals surface area (Å²) in [6, 6.07) is -0.874. The minimum atomic E-state index is -1.06. The normalized spacial score (nSPS) is 9.19. The number of amides is 1. The van der Waals surface area contributed by atoms with Crippen LogP contribution in [0.4, 0.5) is 0 Å². The summed E-state index contributed by atoms with van der Waals surface area (Å²) in [5, 5.41) is 18.0. The molecule has 0 aromatic rings.